The fraction of sp³-hybridized carbons (Fsp3) is 0.615. The molecule has 8 heteroatoms. The third-order valence-electron chi connectivity index (χ3n) is 2.58. The number of rotatable bonds is 3. The summed E-state index contributed by atoms with van der Waals surface area (Å²) in [5.74, 6) is -1.69. The number of nitrogens with zero attached hydrogens (tertiary/aromatic N) is 2. The standard InChI is InChI=1S/C13H21N3O5/c1-13(2,3)21-12(20)15-6-8-16(9-7-15)14-10(17)4-5-11(18)19/h4-5H,6-9H2,1-3H3,(H,14,17)(H,18,19)/b5-4+. The molecule has 1 saturated heterocycles. The lowest BCUT2D eigenvalue weighted by atomic mass is 10.2. The summed E-state index contributed by atoms with van der Waals surface area (Å²) in [7, 11) is 0. The lowest BCUT2D eigenvalue weighted by Gasteiger charge is -2.35. The number of aliphatic carboxylic acids is 1. The van der Waals surface area contributed by atoms with E-state index in [0.29, 0.717) is 26.2 Å². The van der Waals surface area contributed by atoms with Crippen molar-refractivity contribution in [3.63, 3.8) is 0 Å². The minimum absolute atomic E-state index is 0.376. The number of carboxylic acid groups (broad SMARTS) is 1. The minimum Gasteiger partial charge on any atom is -0.478 e. The number of piperazine rings is 1. The lowest BCUT2D eigenvalue weighted by molar-refractivity contribution is -0.132. The van der Waals surface area contributed by atoms with Gasteiger partial charge in [0.15, 0.2) is 0 Å². The van der Waals surface area contributed by atoms with E-state index in [-0.39, 0.29) is 6.09 Å². The molecule has 0 bridgehead atoms. The first-order valence-electron chi connectivity index (χ1n) is 6.62. The van der Waals surface area contributed by atoms with Gasteiger partial charge in [-0.15, -0.1) is 0 Å². The largest absolute Gasteiger partial charge is 0.478 e. The number of nitrogens with one attached hydrogen (secondary N) is 1. The molecule has 0 radical (unpaired) electrons. The third kappa shape index (κ3) is 6.75. The Kier molecular flexibility index (Phi) is 5.71. The zero-order chi connectivity index (χ0) is 16.0. The number of hydrogen-bond donors (Lipinski definition) is 2. The molecule has 1 rings (SSSR count). The zero-order valence-electron chi connectivity index (χ0n) is 12.5. The summed E-state index contributed by atoms with van der Waals surface area (Å²) in [5.41, 5.74) is 2.01. The van der Waals surface area contributed by atoms with Crippen molar-refractivity contribution < 1.29 is 24.2 Å². The second-order valence-corrected chi connectivity index (χ2v) is 5.60. The highest BCUT2D eigenvalue weighted by Gasteiger charge is 2.26. The molecule has 0 aliphatic carbocycles. The molecule has 8 nitrogen and oxygen atoms in total. The summed E-state index contributed by atoms with van der Waals surface area (Å²) < 4.78 is 5.26. The number of hydrogen-bond acceptors (Lipinski definition) is 5. The first kappa shape index (κ1) is 17.0. The fourth-order valence-corrected chi connectivity index (χ4v) is 1.67. The average Bonchev–Trinajstić information content (AvgIpc) is 2.35. The van der Waals surface area contributed by atoms with E-state index in [1.54, 1.807) is 30.7 Å². The van der Waals surface area contributed by atoms with Crippen molar-refractivity contribution >= 4 is 18.0 Å². The second kappa shape index (κ2) is 7.07. The number of carbonyl (C=O) groups is 3. The van der Waals surface area contributed by atoms with Crippen LogP contribution in [0.1, 0.15) is 20.8 Å². The smallest absolute Gasteiger partial charge is 0.410 e. The maximum Gasteiger partial charge on any atom is 0.410 e. The van der Waals surface area contributed by atoms with Gasteiger partial charge in [-0.3, -0.25) is 10.2 Å². The predicted octanol–water partition coefficient (Wildman–Crippen LogP) is 0.211. The van der Waals surface area contributed by atoms with E-state index >= 15 is 0 Å². The molecule has 0 atom stereocenters. The maximum atomic E-state index is 11.8. The number of amides is 2. The van der Waals surface area contributed by atoms with E-state index in [9.17, 15) is 14.4 Å². The third-order valence-corrected chi connectivity index (χ3v) is 2.58. The molecule has 2 amide bonds. The molecule has 0 saturated carbocycles. The van der Waals surface area contributed by atoms with Crippen molar-refractivity contribution in [2.24, 2.45) is 0 Å². The number of carboxylic acids is 1. The average molecular weight is 299 g/mol. The van der Waals surface area contributed by atoms with Gasteiger partial charge >= 0.3 is 12.1 Å². The Labute approximate surface area is 123 Å². The quantitative estimate of drug-likeness (QED) is 0.723. The van der Waals surface area contributed by atoms with Gasteiger partial charge in [-0.2, -0.15) is 0 Å². The van der Waals surface area contributed by atoms with E-state index < -0.39 is 17.5 Å². The number of carbonyl (C=O) groups excluding carboxylic acids is 2. The lowest BCUT2D eigenvalue weighted by Crippen LogP contribution is -2.55. The molecule has 1 fully saturated rings. The van der Waals surface area contributed by atoms with Gasteiger partial charge in [0.25, 0.3) is 5.91 Å². The van der Waals surface area contributed by atoms with E-state index in [1.165, 1.54) is 0 Å². The van der Waals surface area contributed by atoms with Crippen LogP contribution < -0.4 is 5.43 Å². The molecule has 118 valence electrons. The van der Waals surface area contributed by atoms with Crippen LogP contribution in [0.25, 0.3) is 0 Å². The van der Waals surface area contributed by atoms with E-state index in [4.69, 9.17) is 9.84 Å². The molecule has 1 aliphatic rings. The first-order chi connectivity index (χ1) is 9.67. The first-order valence-corrected chi connectivity index (χ1v) is 6.62. The summed E-state index contributed by atoms with van der Waals surface area (Å²) in [4.78, 5) is 35.1. The van der Waals surface area contributed by atoms with Gasteiger partial charge < -0.3 is 14.7 Å². The van der Waals surface area contributed by atoms with Crippen LogP contribution in [0.4, 0.5) is 4.79 Å². The maximum absolute atomic E-state index is 11.8. The zero-order valence-corrected chi connectivity index (χ0v) is 12.5. The Morgan fingerprint density at radius 2 is 1.67 bits per heavy atom. The number of hydrazine groups is 1. The Balaban J connectivity index is 2.37. The van der Waals surface area contributed by atoms with Crippen molar-refractivity contribution in [1.29, 1.82) is 0 Å². The Morgan fingerprint density at radius 3 is 2.14 bits per heavy atom. The highest BCUT2D eigenvalue weighted by molar-refractivity contribution is 5.93. The molecule has 2 N–H and O–H groups in total. The van der Waals surface area contributed by atoms with Crippen molar-refractivity contribution in [2.75, 3.05) is 26.2 Å². The van der Waals surface area contributed by atoms with Gasteiger partial charge in [-0.05, 0) is 20.8 Å². The van der Waals surface area contributed by atoms with Gasteiger partial charge in [0.2, 0.25) is 0 Å². The predicted molar refractivity (Wildman–Crippen MR) is 74.3 cm³/mol. The summed E-state index contributed by atoms with van der Waals surface area (Å²) in [6.07, 6.45) is 1.34. The molecule has 1 aliphatic heterocycles. The van der Waals surface area contributed by atoms with Crippen molar-refractivity contribution in [3.05, 3.63) is 12.2 Å². The molecular formula is C13H21N3O5. The van der Waals surface area contributed by atoms with Crippen LogP contribution in [0, 0.1) is 0 Å². The van der Waals surface area contributed by atoms with Gasteiger partial charge in [0.05, 0.1) is 0 Å². The van der Waals surface area contributed by atoms with E-state index in [0.717, 1.165) is 12.2 Å². The number of ether oxygens (including phenoxy) is 1. The summed E-state index contributed by atoms with van der Waals surface area (Å²) in [6, 6.07) is 0. The molecule has 0 aromatic carbocycles. The second-order valence-electron chi connectivity index (χ2n) is 5.60. The van der Waals surface area contributed by atoms with Crippen molar-refractivity contribution in [1.82, 2.24) is 15.3 Å². The molecule has 0 aromatic heterocycles. The van der Waals surface area contributed by atoms with Crippen LogP contribution in [0.15, 0.2) is 12.2 Å². The topological polar surface area (TPSA) is 99.2 Å². The normalized spacial score (nSPS) is 16.8. The Bertz CT molecular complexity index is 434. The van der Waals surface area contributed by atoms with Crippen LogP contribution in [-0.4, -0.2) is 64.8 Å². The van der Waals surface area contributed by atoms with E-state index in [2.05, 4.69) is 5.43 Å². The van der Waals surface area contributed by atoms with Gasteiger partial charge in [-0.25, -0.2) is 14.6 Å². The molecule has 0 unspecified atom stereocenters. The van der Waals surface area contributed by atoms with Crippen molar-refractivity contribution in [2.45, 2.75) is 26.4 Å². The van der Waals surface area contributed by atoms with E-state index in [1.807, 2.05) is 0 Å². The molecule has 0 spiro atoms. The molecular weight excluding hydrogens is 278 g/mol. The summed E-state index contributed by atoms with van der Waals surface area (Å²) >= 11 is 0. The monoisotopic (exact) mass is 299 g/mol. The van der Waals surface area contributed by atoms with Crippen LogP contribution >= 0.6 is 0 Å². The van der Waals surface area contributed by atoms with Gasteiger partial charge in [0.1, 0.15) is 5.60 Å². The van der Waals surface area contributed by atoms with Crippen LogP contribution in [0.5, 0.6) is 0 Å². The van der Waals surface area contributed by atoms with Crippen LogP contribution in [0.2, 0.25) is 0 Å². The van der Waals surface area contributed by atoms with Gasteiger partial charge in [-0.1, -0.05) is 0 Å². The molecule has 0 aromatic rings. The molecule has 21 heavy (non-hydrogen) atoms. The highest BCUT2D eigenvalue weighted by Crippen LogP contribution is 2.11. The molecule has 1 heterocycles. The van der Waals surface area contributed by atoms with Crippen LogP contribution in [0.3, 0.4) is 0 Å². The summed E-state index contributed by atoms with van der Waals surface area (Å²) in [5, 5.41) is 10.1. The SMILES string of the molecule is CC(C)(C)OC(=O)N1CCN(NC(=O)/C=C/C(=O)O)CC1. The Hall–Kier alpha value is -2.09. The summed E-state index contributed by atoms with van der Waals surface area (Å²) in [6.45, 7) is 7.16. The van der Waals surface area contributed by atoms with Gasteiger partial charge in [0, 0.05) is 38.3 Å². The fourth-order valence-electron chi connectivity index (χ4n) is 1.67. The van der Waals surface area contributed by atoms with Crippen LogP contribution in [-0.2, 0) is 14.3 Å². The highest BCUT2D eigenvalue weighted by atomic mass is 16.6. The minimum atomic E-state index is -1.18. The van der Waals surface area contributed by atoms with Crippen molar-refractivity contribution in [3.8, 4) is 0 Å². The Morgan fingerprint density at radius 1 is 1.10 bits per heavy atom.